The quantitative estimate of drug-likeness (QED) is 0.545. The molecule has 0 aliphatic rings. The molecule has 0 bridgehead atoms. The van der Waals surface area contributed by atoms with Crippen LogP contribution in [0.15, 0.2) is 65.3 Å². The summed E-state index contributed by atoms with van der Waals surface area (Å²) in [5, 5.41) is 7.28. The third-order valence-electron chi connectivity index (χ3n) is 4.19. The van der Waals surface area contributed by atoms with Crippen LogP contribution in [-0.4, -0.2) is 28.8 Å². The molecule has 0 saturated heterocycles. The minimum absolute atomic E-state index is 0.112. The van der Waals surface area contributed by atoms with Crippen molar-refractivity contribution in [2.24, 2.45) is 0 Å². The molecule has 0 aliphatic carbocycles. The molecule has 6 heteroatoms. The summed E-state index contributed by atoms with van der Waals surface area (Å²) >= 11 is 3.42. The van der Waals surface area contributed by atoms with Crippen LogP contribution in [0.1, 0.15) is 28.0 Å². The Bertz CT molecular complexity index is 876. The van der Waals surface area contributed by atoms with E-state index < -0.39 is 0 Å². The van der Waals surface area contributed by atoms with E-state index in [0.717, 1.165) is 27.8 Å². The number of nitrogens with one attached hydrogen (secondary N) is 1. The molecule has 1 N–H and O–H groups in total. The Morgan fingerprint density at radius 2 is 1.89 bits per heavy atom. The smallest absolute Gasteiger partial charge is 0.254 e. The fraction of sp³-hybridized carbons (Fsp3) is 0.238. The molecule has 140 valence electrons. The average molecular weight is 428 g/mol. The molecular weight excluding hydrogens is 406 g/mol. The number of aromatic nitrogens is 2. The number of benzene rings is 2. The Balaban J connectivity index is 1.45. The molecule has 0 saturated carbocycles. The Labute approximate surface area is 167 Å². The van der Waals surface area contributed by atoms with Crippen LogP contribution < -0.4 is 5.32 Å². The van der Waals surface area contributed by atoms with Crippen molar-refractivity contribution in [3.8, 4) is 5.69 Å². The molecular formula is C21H22BrN3O2. The second kappa shape index (κ2) is 9.48. The number of halogens is 1. The average Bonchev–Trinajstić information content (AvgIpc) is 3.07. The standard InChI is InChI=1S/C21H22BrN3O2/c1-16-20(14-24-25(16)19-10-8-18(22)9-11-19)21(26)23-12-5-13-27-15-17-6-3-2-4-7-17/h2-4,6-11,14H,5,12-13,15H2,1H3,(H,23,26). The van der Waals surface area contributed by atoms with Gasteiger partial charge in [-0.3, -0.25) is 4.79 Å². The van der Waals surface area contributed by atoms with E-state index in [4.69, 9.17) is 4.74 Å². The van der Waals surface area contributed by atoms with Gasteiger partial charge >= 0.3 is 0 Å². The van der Waals surface area contributed by atoms with Crippen LogP contribution in [-0.2, 0) is 11.3 Å². The normalized spacial score (nSPS) is 10.7. The van der Waals surface area contributed by atoms with Gasteiger partial charge < -0.3 is 10.1 Å². The summed E-state index contributed by atoms with van der Waals surface area (Å²) in [5.74, 6) is -0.112. The number of amides is 1. The molecule has 0 aliphatic heterocycles. The van der Waals surface area contributed by atoms with E-state index in [1.165, 1.54) is 0 Å². The summed E-state index contributed by atoms with van der Waals surface area (Å²) in [6, 6.07) is 17.9. The fourth-order valence-corrected chi connectivity index (χ4v) is 2.98. The van der Waals surface area contributed by atoms with E-state index in [0.29, 0.717) is 25.3 Å². The van der Waals surface area contributed by atoms with Gasteiger partial charge in [0.05, 0.1) is 29.7 Å². The highest BCUT2D eigenvalue weighted by Gasteiger charge is 2.14. The summed E-state index contributed by atoms with van der Waals surface area (Å²) in [6.45, 7) is 3.66. The zero-order chi connectivity index (χ0) is 19.1. The first-order valence-electron chi connectivity index (χ1n) is 8.85. The van der Waals surface area contributed by atoms with Crippen LogP contribution in [0.25, 0.3) is 5.69 Å². The molecule has 3 rings (SSSR count). The molecule has 1 aromatic heterocycles. The lowest BCUT2D eigenvalue weighted by molar-refractivity contribution is 0.0934. The van der Waals surface area contributed by atoms with Crippen LogP contribution in [0.2, 0.25) is 0 Å². The predicted octanol–water partition coefficient (Wildman–Crippen LogP) is 4.28. The third kappa shape index (κ3) is 5.28. The minimum Gasteiger partial charge on any atom is -0.377 e. The number of nitrogens with zero attached hydrogens (tertiary/aromatic N) is 2. The molecule has 5 nitrogen and oxygen atoms in total. The number of carbonyl (C=O) groups is 1. The minimum atomic E-state index is -0.112. The largest absolute Gasteiger partial charge is 0.377 e. The molecule has 2 aromatic carbocycles. The monoisotopic (exact) mass is 427 g/mol. The molecule has 1 amide bonds. The zero-order valence-electron chi connectivity index (χ0n) is 15.2. The van der Waals surface area contributed by atoms with Crippen molar-refractivity contribution in [3.05, 3.63) is 82.1 Å². The molecule has 3 aromatic rings. The Hall–Kier alpha value is -2.44. The molecule has 0 atom stereocenters. The van der Waals surface area contributed by atoms with Crippen LogP contribution in [0.5, 0.6) is 0 Å². The van der Waals surface area contributed by atoms with Crippen molar-refractivity contribution in [2.45, 2.75) is 20.0 Å². The van der Waals surface area contributed by atoms with Gasteiger partial charge in [-0.15, -0.1) is 0 Å². The van der Waals surface area contributed by atoms with Gasteiger partial charge in [0.15, 0.2) is 0 Å². The predicted molar refractivity (Wildman–Crippen MR) is 109 cm³/mol. The van der Waals surface area contributed by atoms with E-state index in [1.807, 2.05) is 61.5 Å². The second-order valence-electron chi connectivity index (χ2n) is 6.18. The highest BCUT2D eigenvalue weighted by atomic mass is 79.9. The van der Waals surface area contributed by atoms with Gasteiger partial charge in [0.1, 0.15) is 0 Å². The topological polar surface area (TPSA) is 56.1 Å². The summed E-state index contributed by atoms with van der Waals surface area (Å²) in [4.78, 5) is 12.4. The molecule has 0 spiro atoms. The van der Waals surface area contributed by atoms with Gasteiger partial charge in [-0.1, -0.05) is 46.3 Å². The van der Waals surface area contributed by atoms with Gasteiger partial charge in [0.2, 0.25) is 0 Å². The summed E-state index contributed by atoms with van der Waals surface area (Å²) in [5.41, 5.74) is 3.47. The van der Waals surface area contributed by atoms with Gasteiger partial charge in [-0.2, -0.15) is 5.10 Å². The van der Waals surface area contributed by atoms with Crippen molar-refractivity contribution >= 4 is 21.8 Å². The molecule has 0 fully saturated rings. The molecule has 1 heterocycles. The fourth-order valence-electron chi connectivity index (χ4n) is 2.71. The molecule has 27 heavy (non-hydrogen) atoms. The summed E-state index contributed by atoms with van der Waals surface area (Å²) in [7, 11) is 0. The van der Waals surface area contributed by atoms with Crippen molar-refractivity contribution in [1.82, 2.24) is 15.1 Å². The van der Waals surface area contributed by atoms with E-state index in [2.05, 4.69) is 26.3 Å². The van der Waals surface area contributed by atoms with Gasteiger partial charge in [0.25, 0.3) is 5.91 Å². The molecule has 0 radical (unpaired) electrons. The van der Waals surface area contributed by atoms with E-state index in [1.54, 1.807) is 10.9 Å². The Kier molecular flexibility index (Phi) is 6.79. The van der Waals surface area contributed by atoms with Crippen LogP contribution in [0.3, 0.4) is 0 Å². The first-order valence-corrected chi connectivity index (χ1v) is 9.65. The van der Waals surface area contributed by atoms with Crippen LogP contribution in [0.4, 0.5) is 0 Å². The Morgan fingerprint density at radius 3 is 2.63 bits per heavy atom. The first kappa shape index (κ1) is 19.3. The van der Waals surface area contributed by atoms with Crippen molar-refractivity contribution in [1.29, 1.82) is 0 Å². The van der Waals surface area contributed by atoms with Gasteiger partial charge in [0, 0.05) is 17.6 Å². The maximum atomic E-state index is 12.4. The number of ether oxygens (including phenoxy) is 1. The number of hydrogen-bond acceptors (Lipinski definition) is 3. The van der Waals surface area contributed by atoms with E-state index in [9.17, 15) is 4.79 Å². The lowest BCUT2D eigenvalue weighted by atomic mass is 10.2. The van der Waals surface area contributed by atoms with E-state index in [-0.39, 0.29) is 5.91 Å². The number of rotatable bonds is 8. The van der Waals surface area contributed by atoms with E-state index >= 15 is 0 Å². The SMILES string of the molecule is Cc1c(C(=O)NCCCOCc2ccccc2)cnn1-c1ccc(Br)cc1. The van der Waals surface area contributed by atoms with Gasteiger partial charge in [-0.25, -0.2) is 4.68 Å². The Morgan fingerprint density at radius 1 is 1.15 bits per heavy atom. The summed E-state index contributed by atoms with van der Waals surface area (Å²) in [6.07, 6.45) is 2.37. The maximum absolute atomic E-state index is 12.4. The maximum Gasteiger partial charge on any atom is 0.254 e. The highest BCUT2D eigenvalue weighted by molar-refractivity contribution is 9.10. The van der Waals surface area contributed by atoms with Crippen molar-refractivity contribution < 1.29 is 9.53 Å². The van der Waals surface area contributed by atoms with Gasteiger partial charge in [-0.05, 0) is 43.2 Å². The zero-order valence-corrected chi connectivity index (χ0v) is 16.8. The lowest BCUT2D eigenvalue weighted by Gasteiger charge is -2.07. The molecule has 0 unspecified atom stereocenters. The third-order valence-corrected chi connectivity index (χ3v) is 4.72. The number of hydrogen-bond donors (Lipinski definition) is 1. The van der Waals surface area contributed by atoms with Crippen LogP contribution in [0, 0.1) is 6.92 Å². The first-order chi connectivity index (χ1) is 13.1. The second-order valence-corrected chi connectivity index (χ2v) is 7.10. The van der Waals surface area contributed by atoms with Crippen molar-refractivity contribution in [2.75, 3.05) is 13.2 Å². The van der Waals surface area contributed by atoms with Crippen molar-refractivity contribution in [3.63, 3.8) is 0 Å². The lowest BCUT2D eigenvalue weighted by Crippen LogP contribution is -2.25. The number of carbonyl (C=O) groups excluding carboxylic acids is 1. The van der Waals surface area contributed by atoms with Crippen LogP contribution >= 0.6 is 15.9 Å². The highest BCUT2D eigenvalue weighted by Crippen LogP contribution is 2.17. The summed E-state index contributed by atoms with van der Waals surface area (Å²) < 4.78 is 8.40.